The Morgan fingerprint density at radius 2 is 2.04 bits per heavy atom. The van der Waals surface area contributed by atoms with Gasteiger partial charge in [0.1, 0.15) is 5.82 Å². The minimum absolute atomic E-state index is 0.196. The van der Waals surface area contributed by atoms with Gasteiger partial charge in [-0.1, -0.05) is 6.07 Å². The molecule has 9 nitrogen and oxygen atoms in total. The molecule has 1 aromatic carbocycles. The zero-order valence-electron chi connectivity index (χ0n) is 14.5. The molecule has 0 saturated heterocycles. The number of carbonyl (C=O) groups is 2. The van der Waals surface area contributed by atoms with E-state index in [0.717, 1.165) is 5.56 Å². The van der Waals surface area contributed by atoms with E-state index >= 15 is 0 Å². The van der Waals surface area contributed by atoms with Crippen LogP contribution in [-0.4, -0.2) is 39.9 Å². The second kappa shape index (κ2) is 6.94. The van der Waals surface area contributed by atoms with Gasteiger partial charge in [0, 0.05) is 12.7 Å². The maximum absolute atomic E-state index is 12.1. The molecule has 138 valence electrons. The van der Waals surface area contributed by atoms with Crippen molar-refractivity contribution >= 4 is 17.5 Å². The Balaban J connectivity index is 1.30. The van der Waals surface area contributed by atoms with Crippen LogP contribution in [-0.2, 0) is 16.1 Å². The molecule has 9 heteroatoms. The molecule has 0 spiro atoms. The Labute approximate surface area is 153 Å². The van der Waals surface area contributed by atoms with Crippen molar-refractivity contribution in [2.75, 3.05) is 13.4 Å². The lowest BCUT2D eigenvalue weighted by atomic mass is 10.2. The smallest absolute Gasteiger partial charge is 0.340 e. The number of hydrogen-bond acceptors (Lipinski definition) is 7. The molecule has 4 rings (SSSR count). The third-order valence-corrected chi connectivity index (χ3v) is 4.07. The molecule has 1 aliphatic rings. The van der Waals surface area contributed by atoms with Crippen molar-refractivity contribution in [3.05, 3.63) is 53.5 Å². The summed E-state index contributed by atoms with van der Waals surface area (Å²) in [4.78, 5) is 24.1. The largest absolute Gasteiger partial charge is 0.454 e. The summed E-state index contributed by atoms with van der Waals surface area (Å²) >= 11 is 0. The second-order valence-electron chi connectivity index (χ2n) is 5.93. The van der Waals surface area contributed by atoms with Gasteiger partial charge in [-0.25, -0.2) is 4.79 Å². The van der Waals surface area contributed by atoms with Gasteiger partial charge in [-0.05, 0) is 36.8 Å². The Bertz CT molecular complexity index is 1030. The van der Waals surface area contributed by atoms with Crippen molar-refractivity contribution < 1.29 is 23.8 Å². The zero-order chi connectivity index (χ0) is 18.8. The SMILES string of the molecule is Cc1nnc2ccc(C(=O)OCC(=O)NCc3ccc4c(c3)OCO4)cn12. The molecule has 0 unspecified atom stereocenters. The molecule has 1 N–H and O–H groups in total. The van der Waals surface area contributed by atoms with Gasteiger partial charge < -0.3 is 19.5 Å². The standard InChI is InChI=1S/C18H16N4O5/c1-11-20-21-16-5-3-13(8-22(11)16)18(24)25-9-17(23)19-7-12-2-4-14-15(6-12)27-10-26-14/h2-6,8H,7,9-10H2,1H3,(H,19,23). The molecule has 2 aromatic heterocycles. The van der Waals surface area contributed by atoms with E-state index in [9.17, 15) is 9.59 Å². The topological polar surface area (TPSA) is 104 Å². The van der Waals surface area contributed by atoms with Gasteiger partial charge in [-0.2, -0.15) is 0 Å². The van der Waals surface area contributed by atoms with E-state index in [-0.39, 0.29) is 13.4 Å². The van der Waals surface area contributed by atoms with Crippen LogP contribution in [0.3, 0.4) is 0 Å². The molecular formula is C18H16N4O5. The quantitative estimate of drug-likeness (QED) is 0.676. The van der Waals surface area contributed by atoms with Crippen LogP contribution in [0.15, 0.2) is 36.5 Å². The predicted octanol–water partition coefficient (Wildman–Crippen LogP) is 1.24. The number of hydrogen-bond donors (Lipinski definition) is 1. The van der Waals surface area contributed by atoms with Gasteiger partial charge in [0.2, 0.25) is 6.79 Å². The lowest BCUT2D eigenvalue weighted by molar-refractivity contribution is -0.124. The molecule has 0 fully saturated rings. The lowest BCUT2D eigenvalue weighted by Gasteiger charge is -2.08. The first kappa shape index (κ1) is 16.8. The van der Waals surface area contributed by atoms with Gasteiger partial charge in [-0.15, -0.1) is 10.2 Å². The maximum Gasteiger partial charge on any atom is 0.340 e. The number of aryl methyl sites for hydroxylation is 1. The molecule has 1 amide bonds. The number of nitrogens with zero attached hydrogens (tertiary/aromatic N) is 3. The number of esters is 1. The molecule has 0 aliphatic carbocycles. The predicted molar refractivity (Wildman–Crippen MR) is 92.4 cm³/mol. The average molecular weight is 368 g/mol. The fourth-order valence-electron chi connectivity index (χ4n) is 2.64. The zero-order valence-corrected chi connectivity index (χ0v) is 14.5. The second-order valence-corrected chi connectivity index (χ2v) is 5.93. The Morgan fingerprint density at radius 3 is 2.93 bits per heavy atom. The highest BCUT2D eigenvalue weighted by Crippen LogP contribution is 2.32. The van der Waals surface area contributed by atoms with Crippen LogP contribution in [0, 0.1) is 6.92 Å². The Kier molecular flexibility index (Phi) is 4.33. The molecule has 0 saturated carbocycles. The number of carbonyl (C=O) groups excluding carboxylic acids is 2. The van der Waals surface area contributed by atoms with Crippen molar-refractivity contribution in [3.8, 4) is 11.5 Å². The highest BCUT2D eigenvalue weighted by atomic mass is 16.7. The molecule has 0 atom stereocenters. The number of amides is 1. The number of pyridine rings is 1. The normalized spacial score (nSPS) is 12.2. The summed E-state index contributed by atoms with van der Waals surface area (Å²) in [5.74, 6) is 0.985. The van der Waals surface area contributed by atoms with Gasteiger partial charge in [-0.3, -0.25) is 9.20 Å². The Morgan fingerprint density at radius 1 is 1.19 bits per heavy atom. The van der Waals surface area contributed by atoms with E-state index in [1.54, 1.807) is 41.8 Å². The molecular weight excluding hydrogens is 352 g/mol. The summed E-state index contributed by atoms with van der Waals surface area (Å²) in [5, 5.41) is 10.6. The third-order valence-electron chi connectivity index (χ3n) is 4.07. The molecule has 0 radical (unpaired) electrons. The molecule has 3 aromatic rings. The van der Waals surface area contributed by atoms with Crippen molar-refractivity contribution in [2.24, 2.45) is 0 Å². The lowest BCUT2D eigenvalue weighted by Crippen LogP contribution is -2.28. The summed E-state index contributed by atoms with van der Waals surface area (Å²) in [6.07, 6.45) is 1.58. The van der Waals surface area contributed by atoms with E-state index in [0.29, 0.717) is 35.1 Å². The first-order valence-electron chi connectivity index (χ1n) is 8.24. The van der Waals surface area contributed by atoms with Crippen LogP contribution in [0.25, 0.3) is 5.65 Å². The van der Waals surface area contributed by atoms with E-state index in [2.05, 4.69) is 15.5 Å². The minimum atomic E-state index is -0.594. The first-order valence-corrected chi connectivity index (χ1v) is 8.24. The number of fused-ring (bicyclic) bond motifs is 2. The number of rotatable bonds is 5. The van der Waals surface area contributed by atoms with E-state index in [4.69, 9.17) is 14.2 Å². The van der Waals surface area contributed by atoms with Gasteiger partial charge >= 0.3 is 5.97 Å². The fourth-order valence-corrected chi connectivity index (χ4v) is 2.64. The number of benzene rings is 1. The van der Waals surface area contributed by atoms with Crippen LogP contribution >= 0.6 is 0 Å². The van der Waals surface area contributed by atoms with Crippen LogP contribution in [0.5, 0.6) is 11.5 Å². The van der Waals surface area contributed by atoms with Crippen LogP contribution in [0.4, 0.5) is 0 Å². The molecule has 1 aliphatic heterocycles. The van der Waals surface area contributed by atoms with Crippen molar-refractivity contribution in [1.29, 1.82) is 0 Å². The van der Waals surface area contributed by atoms with E-state index < -0.39 is 11.9 Å². The minimum Gasteiger partial charge on any atom is -0.454 e. The van der Waals surface area contributed by atoms with Gasteiger partial charge in [0.15, 0.2) is 23.8 Å². The van der Waals surface area contributed by atoms with Crippen molar-refractivity contribution in [1.82, 2.24) is 19.9 Å². The number of ether oxygens (including phenoxy) is 3. The van der Waals surface area contributed by atoms with E-state index in [1.165, 1.54) is 0 Å². The summed E-state index contributed by atoms with van der Waals surface area (Å²) in [6, 6.07) is 8.65. The number of aromatic nitrogens is 3. The third kappa shape index (κ3) is 3.52. The van der Waals surface area contributed by atoms with Crippen LogP contribution in [0.1, 0.15) is 21.7 Å². The van der Waals surface area contributed by atoms with E-state index in [1.807, 2.05) is 6.07 Å². The summed E-state index contributed by atoms with van der Waals surface area (Å²) in [5.41, 5.74) is 1.80. The van der Waals surface area contributed by atoms with Crippen LogP contribution < -0.4 is 14.8 Å². The van der Waals surface area contributed by atoms with Crippen LogP contribution in [0.2, 0.25) is 0 Å². The highest BCUT2D eigenvalue weighted by Gasteiger charge is 2.15. The Hall–Kier alpha value is -3.62. The molecule has 0 bridgehead atoms. The first-order chi connectivity index (χ1) is 13.1. The maximum atomic E-state index is 12.1. The summed E-state index contributed by atoms with van der Waals surface area (Å²) < 4.78 is 17.3. The molecule has 27 heavy (non-hydrogen) atoms. The van der Waals surface area contributed by atoms with Gasteiger partial charge in [0.25, 0.3) is 5.91 Å². The van der Waals surface area contributed by atoms with Crippen molar-refractivity contribution in [2.45, 2.75) is 13.5 Å². The monoisotopic (exact) mass is 368 g/mol. The summed E-state index contributed by atoms with van der Waals surface area (Å²) in [7, 11) is 0. The highest BCUT2D eigenvalue weighted by molar-refractivity contribution is 5.91. The van der Waals surface area contributed by atoms with Crippen molar-refractivity contribution in [3.63, 3.8) is 0 Å². The number of nitrogens with one attached hydrogen (secondary N) is 1. The van der Waals surface area contributed by atoms with Gasteiger partial charge in [0.05, 0.1) is 5.56 Å². The molecule has 3 heterocycles. The summed E-state index contributed by atoms with van der Waals surface area (Å²) in [6.45, 7) is 1.89. The average Bonchev–Trinajstić information content (AvgIpc) is 3.30. The fraction of sp³-hybridized carbons (Fsp3) is 0.222.